The summed E-state index contributed by atoms with van der Waals surface area (Å²) in [4.78, 5) is 0. The van der Waals surface area contributed by atoms with Crippen LogP contribution in [0.3, 0.4) is 0 Å². The van der Waals surface area contributed by atoms with Crippen LogP contribution in [0, 0.1) is 11.8 Å². The van der Waals surface area contributed by atoms with Gasteiger partial charge in [0.25, 0.3) is 0 Å². The van der Waals surface area contributed by atoms with Gasteiger partial charge in [0, 0.05) is 32.8 Å². The first-order valence-electron chi connectivity index (χ1n) is 8.87. The third-order valence-corrected chi connectivity index (χ3v) is 7.00. The molecule has 7 rings (SSSR count). The second kappa shape index (κ2) is 4.83. The van der Waals surface area contributed by atoms with E-state index in [9.17, 15) is 10.2 Å². The maximum Gasteiger partial charge on any atom is 0.202 e. The van der Waals surface area contributed by atoms with E-state index in [2.05, 4.69) is 40.2 Å². The molecule has 0 fully saturated rings. The minimum atomic E-state index is 0.152. The quantitative estimate of drug-likeness (QED) is 0.535. The number of fused-ring (bicyclic) bond motifs is 1. The van der Waals surface area contributed by atoms with Crippen LogP contribution < -0.4 is 0 Å². The zero-order valence-electron chi connectivity index (χ0n) is 13.8. The van der Waals surface area contributed by atoms with E-state index < -0.39 is 0 Å². The van der Waals surface area contributed by atoms with Gasteiger partial charge in [-0.05, 0) is 29.4 Å². The Hall–Kier alpha value is -2.46. The average molecular weight is 406 g/mol. The summed E-state index contributed by atoms with van der Waals surface area (Å²) in [5.74, 6) is 1.53. The normalized spacial score (nSPS) is 27.4. The highest BCUT2D eigenvalue weighted by Gasteiger charge is 2.49. The van der Waals surface area contributed by atoms with Gasteiger partial charge in [-0.2, -0.15) is 0 Å². The van der Waals surface area contributed by atoms with E-state index in [4.69, 9.17) is 0 Å². The third-order valence-electron chi connectivity index (χ3n) is 6.31. The topological polar surface area (TPSA) is 45.4 Å². The number of allylic oxidation sites excluding steroid dienone is 4. The molecule has 3 nitrogen and oxygen atoms in total. The maximum atomic E-state index is 11.1. The molecule has 2 N–H and O–H groups in total. The first kappa shape index (κ1) is 14.7. The lowest BCUT2D eigenvalue weighted by atomic mass is 9.56. The zero-order valence-corrected chi connectivity index (χ0v) is 15.4. The van der Waals surface area contributed by atoms with Crippen LogP contribution >= 0.6 is 15.9 Å². The van der Waals surface area contributed by atoms with E-state index in [0.717, 1.165) is 32.1 Å². The summed E-state index contributed by atoms with van der Waals surface area (Å²) in [6.45, 7) is 0. The van der Waals surface area contributed by atoms with Crippen LogP contribution in [0.25, 0.3) is 16.5 Å². The highest BCUT2D eigenvalue weighted by atomic mass is 79.9. The zero-order chi connectivity index (χ0) is 17.6. The van der Waals surface area contributed by atoms with Crippen LogP contribution in [0.5, 0.6) is 11.8 Å². The minimum absolute atomic E-state index is 0.152. The molecule has 1 heterocycles. The SMILES string of the molecule is Oc1c2c(c(O)n1-c1ccc(Br)c3ccccc13)C1C=CC2C2C=CC12. The second-order valence-corrected chi connectivity index (χ2v) is 8.25. The van der Waals surface area contributed by atoms with Crippen LogP contribution in [0.2, 0.25) is 0 Å². The van der Waals surface area contributed by atoms with Gasteiger partial charge < -0.3 is 10.2 Å². The Labute approximate surface area is 159 Å². The van der Waals surface area contributed by atoms with Gasteiger partial charge in [-0.15, -0.1) is 0 Å². The van der Waals surface area contributed by atoms with Crippen LogP contribution in [0.15, 0.2) is 65.2 Å². The van der Waals surface area contributed by atoms with Crippen LogP contribution in [0.1, 0.15) is 23.0 Å². The molecule has 4 atom stereocenters. The molecule has 4 aliphatic carbocycles. The minimum Gasteiger partial charge on any atom is -0.494 e. The van der Waals surface area contributed by atoms with Gasteiger partial charge in [0.2, 0.25) is 11.8 Å². The lowest BCUT2D eigenvalue weighted by Gasteiger charge is -2.47. The number of hydrogen-bond acceptors (Lipinski definition) is 2. The summed E-state index contributed by atoms with van der Waals surface area (Å²) >= 11 is 3.60. The molecule has 4 aliphatic rings. The van der Waals surface area contributed by atoms with E-state index in [1.807, 2.05) is 36.4 Å². The highest BCUT2D eigenvalue weighted by molar-refractivity contribution is 9.10. The standard InChI is InChI=1S/C22H16BrNO2/c23-17-9-10-18(14-4-2-1-3-13(14)17)24-21(25)19-15-7-8-16(20(19)22(24)26)12-6-5-11(12)15/h1-12,15-16,25-26H. The number of aromatic nitrogens is 1. The lowest BCUT2D eigenvalue weighted by molar-refractivity contribution is 0.306. The van der Waals surface area contributed by atoms with Crippen molar-refractivity contribution >= 4 is 26.7 Å². The Morgan fingerprint density at radius 1 is 0.731 bits per heavy atom. The van der Waals surface area contributed by atoms with E-state index in [1.54, 1.807) is 4.57 Å². The lowest BCUT2D eigenvalue weighted by Crippen LogP contribution is -2.36. The van der Waals surface area contributed by atoms with Gasteiger partial charge in [0.1, 0.15) is 0 Å². The summed E-state index contributed by atoms with van der Waals surface area (Å²) in [5.41, 5.74) is 2.59. The molecule has 1 aromatic heterocycles. The Morgan fingerprint density at radius 3 is 1.88 bits per heavy atom. The molecule has 3 aromatic rings. The van der Waals surface area contributed by atoms with E-state index in [0.29, 0.717) is 11.8 Å². The number of halogens is 1. The molecule has 0 spiro atoms. The predicted molar refractivity (Wildman–Crippen MR) is 105 cm³/mol. The molecule has 0 aliphatic heterocycles. The molecule has 0 saturated heterocycles. The van der Waals surface area contributed by atoms with Crippen LogP contribution in [-0.2, 0) is 0 Å². The van der Waals surface area contributed by atoms with Crippen molar-refractivity contribution in [3.05, 3.63) is 76.3 Å². The molecule has 2 bridgehead atoms. The molecule has 26 heavy (non-hydrogen) atoms. The monoisotopic (exact) mass is 405 g/mol. The molecular formula is C22H16BrNO2. The molecular weight excluding hydrogens is 390 g/mol. The maximum absolute atomic E-state index is 11.1. The Bertz CT molecular complexity index is 1110. The Morgan fingerprint density at radius 2 is 1.31 bits per heavy atom. The predicted octanol–water partition coefficient (Wildman–Crippen LogP) is 5.36. The van der Waals surface area contributed by atoms with Gasteiger partial charge in [0.05, 0.1) is 5.69 Å². The number of hydrogen-bond donors (Lipinski definition) is 2. The van der Waals surface area contributed by atoms with Gasteiger partial charge in [-0.3, -0.25) is 4.57 Å². The number of aromatic hydroxyl groups is 2. The number of nitrogens with zero attached hydrogens (tertiary/aromatic N) is 1. The smallest absolute Gasteiger partial charge is 0.202 e. The van der Waals surface area contributed by atoms with Crippen molar-refractivity contribution in [1.29, 1.82) is 0 Å². The van der Waals surface area contributed by atoms with Crippen molar-refractivity contribution in [3.8, 4) is 17.4 Å². The second-order valence-electron chi connectivity index (χ2n) is 7.40. The van der Waals surface area contributed by atoms with E-state index in [-0.39, 0.29) is 23.6 Å². The third kappa shape index (κ3) is 1.59. The van der Waals surface area contributed by atoms with Gasteiger partial charge in [0.15, 0.2) is 0 Å². The van der Waals surface area contributed by atoms with Gasteiger partial charge in [-0.1, -0.05) is 64.5 Å². The van der Waals surface area contributed by atoms with E-state index >= 15 is 0 Å². The fourth-order valence-corrected chi connectivity index (χ4v) is 5.55. The van der Waals surface area contributed by atoms with Gasteiger partial charge in [-0.25, -0.2) is 0 Å². The first-order chi connectivity index (χ1) is 12.7. The van der Waals surface area contributed by atoms with Crippen molar-refractivity contribution in [1.82, 2.24) is 4.57 Å². The average Bonchev–Trinajstić information content (AvgIpc) is 2.88. The largest absolute Gasteiger partial charge is 0.494 e. The Kier molecular flexibility index (Phi) is 2.73. The van der Waals surface area contributed by atoms with Crippen molar-refractivity contribution in [2.24, 2.45) is 11.8 Å². The summed E-state index contributed by atoms with van der Waals surface area (Å²) in [6, 6.07) is 11.9. The molecule has 4 heteroatoms. The Balaban J connectivity index is 1.66. The van der Waals surface area contributed by atoms with Gasteiger partial charge >= 0.3 is 0 Å². The summed E-state index contributed by atoms with van der Waals surface area (Å²) in [5, 5.41) is 24.3. The molecule has 0 radical (unpaired) electrons. The van der Waals surface area contributed by atoms with Crippen molar-refractivity contribution < 1.29 is 10.2 Å². The number of rotatable bonds is 1. The highest BCUT2D eigenvalue weighted by Crippen LogP contribution is 2.62. The van der Waals surface area contributed by atoms with Crippen LogP contribution in [-0.4, -0.2) is 14.8 Å². The van der Waals surface area contributed by atoms with Crippen molar-refractivity contribution in [2.45, 2.75) is 11.8 Å². The fourth-order valence-electron chi connectivity index (χ4n) is 5.07. The van der Waals surface area contributed by atoms with Crippen molar-refractivity contribution in [3.63, 3.8) is 0 Å². The molecule has 128 valence electrons. The summed E-state index contributed by atoms with van der Waals surface area (Å²) < 4.78 is 2.62. The number of benzene rings is 2. The van der Waals surface area contributed by atoms with E-state index in [1.165, 1.54) is 0 Å². The van der Waals surface area contributed by atoms with Crippen molar-refractivity contribution in [2.75, 3.05) is 0 Å². The first-order valence-corrected chi connectivity index (χ1v) is 9.67. The fraction of sp³-hybridized carbons (Fsp3) is 0.182. The molecule has 0 saturated carbocycles. The summed E-state index contributed by atoms with van der Waals surface area (Å²) in [7, 11) is 0. The molecule has 0 amide bonds. The summed E-state index contributed by atoms with van der Waals surface area (Å²) in [6.07, 6.45) is 8.86. The van der Waals surface area contributed by atoms with Crippen LogP contribution in [0.4, 0.5) is 0 Å². The molecule has 4 unspecified atom stereocenters. The molecule has 2 aromatic carbocycles.